The summed E-state index contributed by atoms with van der Waals surface area (Å²) in [5.41, 5.74) is 1.14. The van der Waals surface area contributed by atoms with Crippen molar-refractivity contribution in [2.75, 3.05) is 13.2 Å². The van der Waals surface area contributed by atoms with Crippen LogP contribution in [0.5, 0.6) is 5.75 Å². The van der Waals surface area contributed by atoms with Gasteiger partial charge in [0.1, 0.15) is 24.7 Å². The first-order valence-corrected chi connectivity index (χ1v) is 10.7. The Balaban J connectivity index is 1.58. The van der Waals surface area contributed by atoms with Crippen LogP contribution in [0.15, 0.2) is 53.4 Å². The molecule has 0 spiro atoms. The Morgan fingerprint density at radius 1 is 1.13 bits per heavy atom. The maximum atomic E-state index is 13.7. The number of rotatable bonds is 9. The third kappa shape index (κ3) is 6.18. The lowest BCUT2D eigenvalue weighted by molar-refractivity contribution is -0.146. The zero-order chi connectivity index (χ0) is 22.2. The van der Waals surface area contributed by atoms with Gasteiger partial charge in [-0.15, -0.1) is 0 Å². The van der Waals surface area contributed by atoms with E-state index in [0.29, 0.717) is 16.9 Å². The molecule has 2 aromatic rings. The van der Waals surface area contributed by atoms with E-state index in [0.717, 1.165) is 29.5 Å². The molecule has 1 heterocycles. The summed E-state index contributed by atoms with van der Waals surface area (Å²) in [7, 11) is 0. The molecule has 2 aromatic carbocycles. The second kappa shape index (κ2) is 10.8. The average Bonchev–Trinajstić information content (AvgIpc) is 3.02. The number of thioether (sulfide) groups is 1. The summed E-state index contributed by atoms with van der Waals surface area (Å²) in [6, 6.07) is 13.2. The van der Waals surface area contributed by atoms with Crippen molar-refractivity contribution in [1.29, 1.82) is 0 Å². The third-order valence-corrected chi connectivity index (χ3v) is 5.36. The van der Waals surface area contributed by atoms with E-state index in [1.54, 1.807) is 48.5 Å². The monoisotopic (exact) mass is 443 g/mol. The van der Waals surface area contributed by atoms with Gasteiger partial charge < -0.3 is 9.47 Å². The molecule has 0 saturated carbocycles. The van der Waals surface area contributed by atoms with Gasteiger partial charge in [-0.1, -0.05) is 43.7 Å². The number of halogens is 1. The minimum absolute atomic E-state index is 0.0965. The summed E-state index contributed by atoms with van der Waals surface area (Å²) < 4.78 is 24.3. The van der Waals surface area contributed by atoms with Gasteiger partial charge in [0, 0.05) is 5.56 Å². The summed E-state index contributed by atoms with van der Waals surface area (Å²) in [6.45, 7) is 1.94. The number of hydrogen-bond donors (Lipinski definition) is 0. The van der Waals surface area contributed by atoms with Crippen LogP contribution < -0.4 is 4.74 Å². The maximum absolute atomic E-state index is 13.7. The van der Waals surface area contributed by atoms with Crippen molar-refractivity contribution in [3.05, 3.63) is 70.4 Å². The standard InChI is InChI=1S/C23H22FNO5S/c1-2-3-12-29-21(26)14-25-22(27)20(31-23(25)28)13-16-8-10-18(11-9-16)30-15-17-6-4-5-7-19(17)24/h4-11,13H,2-3,12,14-15H2,1H3/b20-13+. The van der Waals surface area contributed by atoms with Gasteiger partial charge in [-0.25, -0.2) is 4.39 Å². The zero-order valence-electron chi connectivity index (χ0n) is 17.0. The van der Waals surface area contributed by atoms with Crippen molar-refractivity contribution in [2.45, 2.75) is 26.4 Å². The normalized spacial score (nSPS) is 14.9. The molecule has 0 N–H and O–H groups in total. The van der Waals surface area contributed by atoms with Crippen LogP contribution in [0.25, 0.3) is 6.08 Å². The Bertz CT molecular complexity index is 990. The minimum atomic E-state index is -0.603. The number of carbonyl (C=O) groups is 3. The smallest absolute Gasteiger partial charge is 0.326 e. The number of ether oxygens (including phenoxy) is 2. The topological polar surface area (TPSA) is 72.9 Å². The molecule has 0 atom stereocenters. The van der Waals surface area contributed by atoms with Gasteiger partial charge in [-0.2, -0.15) is 0 Å². The van der Waals surface area contributed by atoms with E-state index in [2.05, 4.69) is 0 Å². The van der Waals surface area contributed by atoms with Gasteiger partial charge in [0.15, 0.2) is 0 Å². The molecule has 1 saturated heterocycles. The van der Waals surface area contributed by atoms with Crippen LogP contribution in [0, 0.1) is 5.82 Å². The Morgan fingerprint density at radius 3 is 2.58 bits per heavy atom. The van der Waals surface area contributed by atoms with Gasteiger partial charge in [-0.3, -0.25) is 19.3 Å². The van der Waals surface area contributed by atoms with E-state index in [4.69, 9.17) is 9.47 Å². The van der Waals surface area contributed by atoms with Gasteiger partial charge >= 0.3 is 5.97 Å². The molecule has 3 rings (SSSR count). The molecule has 8 heteroatoms. The number of nitrogens with zero attached hydrogens (tertiary/aromatic N) is 1. The van der Waals surface area contributed by atoms with Gasteiger partial charge in [0.05, 0.1) is 11.5 Å². The fourth-order valence-electron chi connectivity index (χ4n) is 2.73. The first kappa shape index (κ1) is 22.6. The number of amides is 2. The molecule has 0 radical (unpaired) electrons. The predicted molar refractivity (Wildman–Crippen MR) is 116 cm³/mol. The molecule has 0 aromatic heterocycles. The largest absolute Gasteiger partial charge is 0.489 e. The van der Waals surface area contributed by atoms with E-state index in [1.807, 2.05) is 6.92 Å². The molecule has 2 amide bonds. The Kier molecular flexibility index (Phi) is 7.83. The van der Waals surface area contributed by atoms with E-state index >= 15 is 0 Å². The SMILES string of the molecule is CCCCOC(=O)CN1C(=O)S/C(=C/c2ccc(OCc3ccccc3F)cc2)C1=O. The lowest BCUT2D eigenvalue weighted by atomic mass is 10.2. The molecule has 0 unspecified atom stereocenters. The average molecular weight is 443 g/mol. The molecule has 0 aliphatic carbocycles. The summed E-state index contributed by atoms with van der Waals surface area (Å²) in [6.07, 6.45) is 3.19. The molecular formula is C23H22FNO5S. The molecule has 1 fully saturated rings. The van der Waals surface area contributed by atoms with Crippen LogP contribution in [0.1, 0.15) is 30.9 Å². The van der Waals surface area contributed by atoms with E-state index in [9.17, 15) is 18.8 Å². The van der Waals surface area contributed by atoms with Crippen molar-refractivity contribution < 1.29 is 28.2 Å². The van der Waals surface area contributed by atoms with Crippen LogP contribution in [-0.2, 0) is 20.9 Å². The summed E-state index contributed by atoms with van der Waals surface area (Å²) in [5, 5.41) is -0.506. The molecule has 162 valence electrons. The Hall–Kier alpha value is -3.13. The van der Waals surface area contributed by atoms with Crippen LogP contribution in [0.4, 0.5) is 9.18 Å². The maximum Gasteiger partial charge on any atom is 0.326 e. The van der Waals surface area contributed by atoms with Crippen molar-refractivity contribution in [1.82, 2.24) is 4.90 Å². The van der Waals surface area contributed by atoms with Crippen LogP contribution >= 0.6 is 11.8 Å². The fourth-order valence-corrected chi connectivity index (χ4v) is 3.57. The van der Waals surface area contributed by atoms with Gasteiger partial charge in [-0.05, 0) is 48.0 Å². The van der Waals surface area contributed by atoms with Crippen molar-refractivity contribution in [3.8, 4) is 5.75 Å². The highest BCUT2D eigenvalue weighted by Gasteiger charge is 2.36. The number of esters is 1. The van der Waals surface area contributed by atoms with Crippen molar-refractivity contribution >= 4 is 35.0 Å². The number of carbonyl (C=O) groups excluding carboxylic acids is 3. The number of imide groups is 1. The van der Waals surface area contributed by atoms with Crippen molar-refractivity contribution in [3.63, 3.8) is 0 Å². The molecular weight excluding hydrogens is 421 g/mol. The Labute approximate surface area is 184 Å². The number of benzene rings is 2. The van der Waals surface area contributed by atoms with E-state index in [1.165, 1.54) is 6.07 Å². The fraction of sp³-hybridized carbons (Fsp3) is 0.261. The predicted octanol–water partition coefficient (Wildman–Crippen LogP) is 4.78. The first-order chi connectivity index (χ1) is 15.0. The minimum Gasteiger partial charge on any atom is -0.489 e. The molecule has 0 bridgehead atoms. The lowest BCUT2D eigenvalue weighted by Gasteiger charge is -2.11. The summed E-state index contributed by atoms with van der Waals surface area (Å²) in [4.78, 5) is 37.5. The zero-order valence-corrected chi connectivity index (χ0v) is 17.8. The number of unbranched alkanes of at least 4 members (excludes halogenated alkanes) is 1. The highest BCUT2D eigenvalue weighted by Crippen LogP contribution is 2.32. The second-order valence-corrected chi connectivity index (χ2v) is 7.78. The van der Waals surface area contributed by atoms with Gasteiger partial charge in [0.25, 0.3) is 11.1 Å². The molecule has 1 aliphatic heterocycles. The summed E-state index contributed by atoms with van der Waals surface area (Å²) in [5.74, 6) is -0.914. The highest BCUT2D eigenvalue weighted by atomic mass is 32.2. The third-order valence-electron chi connectivity index (χ3n) is 4.45. The highest BCUT2D eigenvalue weighted by molar-refractivity contribution is 8.18. The van der Waals surface area contributed by atoms with E-state index in [-0.39, 0.29) is 23.9 Å². The van der Waals surface area contributed by atoms with Crippen LogP contribution in [0.2, 0.25) is 0 Å². The Morgan fingerprint density at radius 2 is 1.87 bits per heavy atom. The second-order valence-electron chi connectivity index (χ2n) is 6.79. The number of hydrogen-bond acceptors (Lipinski definition) is 6. The molecule has 6 nitrogen and oxygen atoms in total. The quantitative estimate of drug-likeness (QED) is 0.315. The van der Waals surface area contributed by atoms with Gasteiger partial charge in [0.2, 0.25) is 0 Å². The van der Waals surface area contributed by atoms with Crippen LogP contribution in [0.3, 0.4) is 0 Å². The molecule has 1 aliphatic rings. The van der Waals surface area contributed by atoms with Crippen LogP contribution in [-0.4, -0.2) is 35.2 Å². The summed E-state index contributed by atoms with van der Waals surface area (Å²) >= 11 is 0.778. The molecule has 31 heavy (non-hydrogen) atoms. The first-order valence-electron chi connectivity index (χ1n) is 9.85. The van der Waals surface area contributed by atoms with Crippen molar-refractivity contribution in [2.24, 2.45) is 0 Å². The van der Waals surface area contributed by atoms with E-state index < -0.39 is 23.7 Å². The lowest BCUT2D eigenvalue weighted by Crippen LogP contribution is -2.34.